The number of ether oxygens (including phenoxy) is 2. The molecule has 1 amide bonds. The molecule has 6 nitrogen and oxygen atoms in total. The molecule has 4 N–H and O–H groups in total. The highest BCUT2D eigenvalue weighted by atomic mass is 16.5. The second-order valence-corrected chi connectivity index (χ2v) is 4.36. The van der Waals surface area contributed by atoms with Crippen LogP contribution < -0.4 is 11.5 Å². The van der Waals surface area contributed by atoms with Gasteiger partial charge in [-0.15, -0.1) is 0 Å². The molecule has 1 aromatic carbocycles. The van der Waals surface area contributed by atoms with Crippen molar-refractivity contribution in [2.24, 2.45) is 11.5 Å². The number of rotatable bonds is 8. The number of hydrogen-bond acceptors (Lipinski definition) is 5. The Hall–Kier alpha value is -2.08. The molecule has 20 heavy (non-hydrogen) atoms. The van der Waals surface area contributed by atoms with E-state index < -0.39 is 18.1 Å². The van der Waals surface area contributed by atoms with Crippen LogP contribution in [0.1, 0.15) is 24.8 Å². The van der Waals surface area contributed by atoms with Crippen LogP contribution in [-0.4, -0.2) is 24.7 Å². The Morgan fingerprint density at radius 2 is 1.80 bits per heavy atom. The summed E-state index contributed by atoms with van der Waals surface area (Å²) in [5, 5.41) is 0. The van der Waals surface area contributed by atoms with E-state index in [9.17, 15) is 9.59 Å². The van der Waals surface area contributed by atoms with Gasteiger partial charge in [0.2, 0.25) is 0 Å². The van der Waals surface area contributed by atoms with Gasteiger partial charge in [0.1, 0.15) is 12.6 Å². The topological polar surface area (TPSA) is 105 Å². The summed E-state index contributed by atoms with van der Waals surface area (Å²) < 4.78 is 9.69. The Morgan fingerprint density at radius 1 is 1.10 bits per heavy atom. The van der Waals surface area contributed by atoms with Gasteiger partial charge in [-0.25, -0.2) is 4.79 Å². The molecule has 0 radical (unpaired) electrons. The van der Waals surface area contributed by atoms with E-state index in [1.54, 1.807) is 0 Å². The molecule has 1 aromatic rings. The summed E-state index contributed by atoms with van der Waals surface area (Å²) in [4.78, 5) is 22.0. The zero-order valence-corrected chi connectivity index (χ0v) is 11.3. The van der Waals surface area contributed by atoms with Crippen molar-refractivity contribution in [3.63, 3.8) is 0 Å². The summed E-state index contributed by atoms with van der Waals surface area (Å²) in [6.07, 6.45) is 0.962. The molecule has 0 aliphatic heterocycles. The highest BCUT2D eigenvalue weighted by Crippen LogP contribution is 2.05. The number of carbonyl (C=O) groups is 2. The number of primary amides is 1. The lowest BCUT2D eigenvalue weighted by molar-refractivity contribution is -0.146. The maximum atomic E-state index is 11.6. The van der Waals surface area contributed by atoms with Gasteiger partial charge in [0.25, 0.3) is 0 Å². The first kappa shape index (κ1) is 16.0. The van der Waals surface area contributed by atoms with Gasteiger partial charge in [0.15, 0.2) is 0 Å². The first-order valence-electron chi connectivity index (χ1n) is 6.48. The summed E-state index contributed by atoms with van der Waals surface area (Å²) in [5.74, 6) is -0.426. The first-order chi connectivity index (χ1) is 9.59. The van der Waals surface area contributed by atoms with Crippen LogP contribution >= 0.6 is 0 Å². The fraction of sp³-hybridized carbons (Fsp3) is 0.429. The van der Waals surface area contributed by atoms with E-state index in [4.69, 9.17) is 16.2 Å². The van der Waals surface area contributed by atoms with Gasteiger partial charge in [-0.2, -0.15) is 0 Å². The van der Waals surface area contributed by atoms with Crippen LogP contribution in [-0.2, 0) is 20.9 Å². The third-order valence-corrected chi connectivity index (χ3v) is 2.68. The van der Waals surface area contributed by atoms with Crippen LogP contribution in [0.3, 0.4) is 0 Å². The summed E-state index contributed by atoms with van der Waals surface area (Å²) in [6.45, 7) is 0.458. The average Bonchev–Trinajstić information content (AvgIpc) is 2.45. The zero-order valence-electron chi connectivity index (χ0n) is 11.3. The van der Waals surface area contributed by atoms with Crippen LogP contribution in [0.4, 0.5) is 4.79 Å². The predicted octanol–water partition coefficient (Wildman–Crippen LogP) is 1.32. The van der Waals surface area contributed by atoms with Crippen molar-refractivity contribution in [3.8, 4) is 0 Å². The quantitative estimate of drug-likeness (QED) is 0.552. The number of unbranched alkanes of at least 4 members (excludes halogenated alkanes) is 1. The second kappa shape index (κ2) is 8.92. The molecule has 0 saturated carbocycles. The zero-order chi connectivity index (χ0) is 14.8. The van der Waals surface area contributed by atoms with E-state index in [2.05, 4.69) is 4.74 Å². The van der Waals surface area contributed by atoms with Crippen LogP contribution in [0, 0.1) is 0 Å². The highest BCUT2D eigenvalue weighted by Gasteiger charge is 2.14. The molecule has 0 bridgehead atoms. The first-order valence-corrected chi connectivity index (χ1v) is 6.48. The van der Waals surface area contributed by atoms with Crippen molar-refractivity contribution in [1.29, 1.82) is 0 Å². The second-order valence-electron chi connectivity index (χ2n) is 4.36. The molecule has 110 valence electrons. The Kier molecular flexibility index (Phi) is 7.13. The molecular weight excluding hydrogens is 260 g/mol. The molecular formula is C14H20N2O4. The normalized spacial score (nSPS) is 11.7. The van der Waals surface area contributed by atoms with E-state index in [1.165, 1.54) is 0 Å². The van der Waals surface area contributed by atoms with Gasteiger partial charge in [0.05, 0.1) is 6.61 Å². The number of carbonyl (C=O) groups excluding carboxylic acids is 2. The molecule has 0 fully saturated rings. The summed E-state index contributed by atoms with van der Waals surface area (Å²) in [7, 11) is 0. The van der Waals surface area contributed by atoms with Gasteiger partial charge in [-0.1, -0.05) is 30.3 Å². The largest absolute Gasteiger partial charge is 0.460 e. The minimum absolute atomic E-state index is 0.220. The minimum atomic E-state index is -0.795. The van der Waals surface area contributed by atoms with E-state index in [-0.39, 0.29) is 13.2 Å². The lowest BCUT2D eigenvalue weighted by Crippen LogP contribution is -2.32. The standard InChI is InChI=1S/C14H20N2O4/c15-12(8-4-5-9-19-14(16)18)13(17)20-10-11-6-2-1-3-7-11/h1-3,6-7,12H,4-5,8-10,15H2,(H2,16,18). The van der Waals surface area contributed by atoms with Crippen molar-refractivity contribution in [3.05, 3.63) is 35.9 Å². The van der Waals surface area contributed by atoms with Crippen LogP contribution in [0.5, 0.6) is 0 Å². The van der Waals surface area contributed by atoms with Gasteiger partial charge >= 0.3 is 12.1 Å². The van der Waals surface area contributed by atoms with E-state index in [0.717, 1.165) is 5.56 Å². The van der Waals surface area contributed by atoms with E-state index >= 15 is 0 Å². The maximum Gasteiger partial charge on any atom is 0.404 e. The van der Waals surface area contributed by atoms with Crippen LogP contribution in [0.2, 0.25) is 0 Å². The maximum absolute atomic E-state index is 11.6. The number of amides is 1. The third-order valence-electron chi connectivity index (χ3n) is 2.68. The Balaban J connectivity index is 2.14. The minimum Gasteiger partial charge on any atom is -0.460 e. The third kappa shape index (κ3) is 6.75. The van der Waals surface area contributed by atoms with Gasteiger partial charge < -0.3 is 20.9 Å². The molecule has 0 aliphatic rings. The van der Waals surface area contributed by atoms with Gasteiger partial charge in [-0.05, 0) is 24.8 Å². The molecule has 0 heterocycles. The molecule has 1 rings (SSSR count). The van der Waals surface area contributed by atoms with Gasteiger partial charge in [-0.3, -0.25) is 4.79 Å². The fourth-order valence-electron chi connectivity index (χ4n) is 1.59. The molecule has 1 atom stereocenters. The number of benzene rings is 1. The molecule has 0 aliphatic carbocycles. The Labute approximate surface area is 118 Å². The molecule has 0 saturated heterocycles. The van der Waals surface area contributed by atoms with Crippen LogP contribution in [0.25, 0.3) is 0 Å². The van der Waals surface area contributed by atoms with Crippen molar-refractivity contribution < 1.29 is 19.1 Å². The molecule has 1 unspecified atom stereocenters. The van der Waals surface area contributed by atoms with Crippen molar-refractivity contribution in [1.82, 2.24) is 0 Å². The summed E-state index contributed by atoms with van der Waals surface area (Å²) in [6, 6.07) is 8.74. The Morgan fingerprint density at radius 3 is 2.45 bits per heavy atom. The molecule has 0 aromatic heterocycles. The smallest absolute Gasteiger partial charge is 0.404 e. The van der Waals surface area contributed by atoms with Crippen molar-refractivity contribution in [2.75, 3.05) is 6.61 Å². The number of hydrogen-bond donors (Lipinski definition) is 2. The fourth-order valence-corrected chi connectivity index (χ4v) is 1.59. The number of esters is 1. The lowest BCUT2D eigenvalue weighted by Gasteiger charge is -2.11. The highest BCUT2D eigenvalue weighted by molar-refractivity contribution is 5.75. The van der Waals surface area contributed by atoms with Crippen LogP contribution in [0.15, 0.2) is 30.3 Å². The van der Waals surface area contributed by atoms with Crippen molar-refractivity contribution >= 4 is 12.1 Å². The monoisotopic (exact) mass is 280 g/mol. The summed E-state index contributed by atoms with van der Waals surface area (Å²) >= 11 is 0. The predicted molar refractivity (Wildman–Crippen MR) is 73.6 cm³/mol. The van der Waals surface area contributed by atoms with Gasteiger partial charge in [0, 0.05) is 0 Å². The molecule has 0 spiro atoms. The van der Waals surface area contributed by atoms with E-state index in [0.29, 0.717) is 19.3 Å². The molecule has 6 heteroatoms. The SMILES string of the molecule is NC(=O)OCCCCC(N)C(=O)OCc1ccccc1. The lowest BCUT2D eigenvalue weighted by atomic mass is 10.1. The average molecular weight is 280 g/mol. The van der Waals surface area contributed by atoms with Crippen molar-refractivity contribution in [2.45, 2.75) is 31.9 Å². The Bertz CT molecular complexity index is 422. The van der Waals surface area contributed by atoms with E-state index in [1.807, 2.05) is 30.3 Å². The number of nitrogens with two attached hydrogens (primary N) is 2. The summed E-state index contributed by atoms with van der Waals surface area (Å²) in [5.41, 5.74) is 11.5.